The van der Waals surface area contributed by atoms with E-state index in [1.807, 2.05) is 6.26 Å². The Hall–Kier alpha value is -1.81. The molecule has 0 saturated carbocycles. The minimum Gasteiger partial charge on any atom is -0.480 e. The summed E-state index contributed by atoms with van der Waals surface area (Å²) in [5, 5.41) is 16.9. The molecular formula is C17H32N4O5S. The van der Waals surface area contributed by atoms with Gasteiger partial charge in [0, 0.05) is 0 Å². The number of hydrogen-bond donors (Lipinski definition) is 5. The second-order valence-electron chi connectivity index (χ2n) is 6.90. The zero-order valence-corrected chi connectivity index (χ0v) is 17.4. The quantitative estimate of drug-likeness (QED) is 0.295. The monoisotopic (exact) mass is 404 g/mol. The Kier molecular flexibility index (Phi) is 11.7. The molecule has 10 heteroatoms. The first-order valence-electron chi connectivity index (χ1n) is 8.87. The Morgan fingerprint density at radius 2 is 1.48 bits per heavy atom. The van der Waals surface area contributed by atoms with Crippen molar-refractivity contribution >= 4 is 35.5 Å². The lowest BCUT2D eigenvalue weighted by Gasteiger charge is -2.26. The molecule has 0 aliphatic heterocycles. The van der Waals surface area contributed by atoms with Gasteiger partial charge in [0.2, 0.25) is 17.7 Å². The minimum absolute atomic E-state index is 0.216. The Balaban J connectivity index is 5.26. The molecule has 0 aromatic heterocycles. The van der Waals surface area contributed by atoms with Crippen molar-refractivity contribution in [1.82, 2.24) is 16.0 Å². The molecule has 0 aliphatic carbocycles. The number of carboxylic acids is 1. The second-order valence-corrected chi connectivity index (χ2v) is 7.89. The van der Waals surface area contributed by atoms with Gasteiger partial charge in [-0.05, 0) is 30.3 Å². The van der Waals surface area contributed by atoms with Crippen molar-refractivity contribution in [3.63, 3.8) is 0 Å². The van der Waals surface area contributed by atoms with Crippen LogP contribution in [0.25, 0.3) is 0 Å². The van der Waals surface area contributed by atoms with E-state index in [0.717, 1.165) is 0 Å². The largest absolute Gasteiger partial charge is 0.480 e. The summed E-state index contributed by atoms with van der Waals surface area (Å²) in [4.78, 5) is 48.0. The second kappa shape index (κ2) is 12.6. The SMILES string of the molecule is CSCCC(NC(=O)C(NC(=O)CN)C(C)C)C(=O)NC(C(=O)O)C(C)C. The van der Waals surface area contributed by atoms with Gasteiger partial charge in [0.15, 0.2) is 0 Å². The van der Waals surface area contributed by atoms with Gasteiger partial charge in [-0.1, -0.05) is 27.7 Å². The molecule has 3 amide bonds. The van der Waals surface area contributed by atoms with Gasteiger partial charge in [-0.2, -0.15) is 11.8 Å². The molecule has 0 spiro atoms. The van der Waals surface area contributed by atoms with Crippen LogP contribution >= 0.6 is 11.8 Å². The van der Waals surface area contributed by atoms with E-state index in [0.29, 0.717) is 12.2 Å². The van der Waals surface area contributed by atoms with Crippen molar-refractivity contribution in [1.29, 1.82) is 0 Å². The molecule has 0 heterocycles. The van der Waals surface area contributed by atoms with E-state index in [2.05, 4.69) is 16.0 Å². The summed E-state index contributed by atoms with van der Waals surface area (Å²) >= 11 is 1.50. The zero-order chi connectivity index (χ0) is 21.1. The van der Waals surface area contributed by atoms with Crippen LogP contribution in [0.5, 0.6) is 0 Å². The Labute approximate surface area is 164 Å². The average molecular weight is 405 g/mol. The number of hydrogen-bond acceptors (Lipinski definition) is 6. The van der Waals surface area contributed by atoms with Crippen LogP contribution in [0, 0.1) is 11.8 Å². The molecule has 3 unspecified atom stereocenters. The number of rotatable bonds is 12. The number of carbonyl (C=O) groups is 4. The van der Waals surface area contributed by atoms with Crippen molar-refractivity contribution in [2.75, 3.05) is 18.6 Å². The Morgan fingerprint density at radius 1 is 0.926 bits per heavy atom. The summed E-state index contributed by atoms with van der Waals surface area (Å²) in [6.45, 7) is 6.65. The maximum absolute atomic E-state index is 12.6. The maximum Gasteiger partial charge on any atom is 0.326 e. The van der Waals surface area contributed by atoms with E-state index in [4.69, 9.17) is 5.73 Å². The highest BCUT2D eigenvalue weighted by molar-refractivity contribution is 7.98. The Morgan fingerprint density at radius 3 is 1.89 bits per heavy atom. The molecule has 0 rings (SSSR count). The van der Waals surface area contributed by atoms with Gasteiger partial charge in [0.1, 0.15) is 18.1 Å². The molecule has 0 fully saturated rings. The van der Waals surface area contributed by atoms with E-state index in [-0.39, 0.29) is 18.4 Å². The van der Waals surface area contributed by atoms with Gasteiger partial charge in [-0.15, -0.1) is 0 Å². The van der Waals surface area contributed by atoms with E-state index in [1.165, 1.54) is 11.8 Å². The first-order chi connectivity index (χ1) is 12.5. The third-order valence-electron chi connectivity index (χ3n) is 3.93. The van der Waals surface area contributed by atoms with Crippen molar-refractivity contribution in [2.45, 2.75) is 52.2 Å². The standard InChI is InChI=1S/C17H32N4O5S/c1-9(2)13(20-12(22)8-18)16(24)19-11(6-7-27-5)15(23)21-14(10(3)4)17(25)26/h9-11,13-14H,6-8,18H2,1-5H3,(H,19,24)(H,20,22)(H,21,23)(H,25,26). The van der Waals surface area contributed by atoms with Crippen LogP contribution in [0.2, 0.25) is 0 Å². The van der Waals surface area contributed by atoms with E-state index in [9.17, 15) is 24.3 Å². The van der Waals surface area contributed by atoms with Gasteiger partial charge in [-0.25, -0.2) is 4.79 Å². The summed E-state index contributed by atoms with van der Waals surface area (Å²) in [5.41, 5.74) is 5.28. The minimum atomic E-state index is -1.14. The van der Waals surface area contributed by atoms with E-state index < -0.39 is 41.8 Å². The lowest BCUT2D eigenvalue weighted by Crippen LogP contribution is -2.58. The average Bonchev–Trinajstić information content (AvgIpc) is 2.59. The van der Waals surface area contributed by atoms with Gasteiger partial charge in [0.05, 0.1) is 6.54 Å². The topological polar surface area (TPSA) is 151 Å². The van der Waals surface area contributed by atoms with Crippen LogP contribution in [0.1, 0.15) is 34.1 Å². The summed E-state index contributed by atoms with van der Waals surface area (Å²) in [6, 6.07) is -2.79. The fourth-order valence-corrected chi connectivity index (χ4v) is 2.77. The number of nitrogens with one attached hydrogen (secondary N) is 3. The fraction of sp³-hybridized carbons (Fsp3) is 0.765. The lowest BCUT2D eigenvalue weighted by atomic mass is 10.0. The van der Waals surface area contributed by atoms with Crippen LogP contribution in [0.15, 0.2) is 0 Å². The highest BCUT2D eigenvalue weighted by Crippen LogP contribution is 2.08. The van der Waals surface area contributed by atoms with Crippen LogP contribution in [0.3, 0.4) is 0 Å². The van der Waals surface area contributed by atoms with Crippen LogP contribution in [-0.2, 0) is 19.2 Å². The predicted octanol–water partition coefficient (Wildman–Crippen LogP) is -0.451. The summed E-state index contributed by atoms with van der Waals surface area (Å²) in [5.74, 6) is -2.61. The van der Waals surface area contributed by atoms with Gasteiger partial charge in [-0.3, -0.25) is 14.4 Å². The molecule has 0 saturated heterocycles. The predicted molar refractivity (Wildman–Crippen MR) is 105 cm³/mol. The molecule has 0 aromatic carbocycles. The molecule has 6 N–H and O–H groups in total. The number of aliphatic carboxylic acids is 1. The molecule has 27 heavy (non-hydrogen) atoms. The summed E-state index contributed by atoms with van der Waals surface area (Å²) in [7, 11) is 0. The highest BCUT2D eigenvalue weighted by Gasteiger charge is 2.31. The van der Waals surface area contributed by atoms with Gasteiger partial charge < -0.3 is 26.8 Å². The number of carboxylic acid groups (broad SMARTS) is 1. The van der Waals surface area contributed by atoms with Gasteiger partial charge in [0.25, 0.3) is 0 Å². The van der Waals surface area contributed by atoms with Gasteiger partial charge >= 0.3 is 5.97 Å². The summed E-state index contributed by atoms with van der Waals surface area (Å²) < 4.78 is 0. The van der Waals surface area contributed by atoms with E-state index >= 15 is 0 Å². The van der Waals surface area contributed by atoms with E-state index in [1.54, 1.807) is 27.7 Å². The molecule has 0 radical (unpaired) electrons. The Bertz CT molecular complexity index is 527. The number of nitrogens with two attached hydrogens (primary N) is 1. The number of thioether (sulfide) groups is 1. The molecule has 0 aliphatic rings. The molecule has 9 nitrogen and oxygen atoms in total. The molecule has 0 bridgehead atoms. The zero-order valence-electron chi connectivity index (χ0n) is 16.6. The van der Waals surface area contributed by atoms with Crippen LogP contribution in [0.4, 0.5) is 0 Å². The number of carbonyl (C=O) groups excluding carboxylic acids is 3. The molecule has 0 aromatic rings. The normalized spacial score (nSPS) is 14.4. The third kappa shape index (κ3) is 9.09. The van der Waals surface area contributed by atoms with Crippen LogP contribution in [-0.4, -0.2) is 65.5 Å². The van der Waals surface area contributed by atoms with Crippen molar-refractivity contribution < 1.29 is 24.3 Å². The summed E-state index contributed by atoms with van der Waals surface area (Å²) in [6.07, 6.45) is 2.20. The molecular weight excluding hydrogens is 372 g/mol. The first-order valence-corrected chi connectivity index (χ1v) is 10.3. The molecule has 156 valence electrons. The van der Waals surface area contributed by atoms with Crippen LogP contribution < -0.4 is 21.7 Å². The smallest absolute Gasteiger partial charge is 0.326 e. The first kappa shape index (κ1) is 25.2. The highest BCUT2D eigenvalue weighted by atomic mass is 32.2. The third-order valence-corrected chi connectivity index (χ3v) is 4.57. The van der Waals surface area contributed by atoms with Crippen molar-refractivity contribution in [3.05, 3.63) is 0 Å². The van der Waals surface area contributed by atoms with Crippen molar-refractivity contribution in [3.8, 4) is 0 Å². The maximum atomic E-state index is 12.6. The molecule has 3 atom stereocenters. The van der Waals surface area contributed by atoms with Crippen molar-refractivity contribution in [2.24, 2.45) is 17.6 Å². The fourth-order valence-electron chi connectivity index (χ4n) is 2.30. The number of amides is 3. The lowest BCUT2D eigenvalue weighted by molar-refractivity contribution is -0.143.